The van der Waals surface area contributed by atoms with Gasteiger partial charge in [-0.05, 0) is 37.8 Å². The van der Waals surface area contributed by atoms with Gasteiger partial charge in [0.05, 0.1) is 5.56 Å². The molecule has 19 heavy (non-hydrogen) atoms. The molecule has 0 atom stereocenters. The Labute approximate surface area is 112 Å². The van der Waals surface area contributed by atoms with E-state index in [4.69, 9.17) is 11.5 Å². The lowest BCUT2D eigenvalue weighted by Gasteiger charge is -2.27. The molecule has 5 nitrogen and oxygen atoms in total. The van der Waals surface area contributed by atoms with E-state index in [2.05, 4.69) is 5.32 Å². The average molecular weight is 261 g/mol. The normalized spacial score (nSPS) is 22.7. The van der Waals surface area contributed by atoms with Gasteiger partial charge in [0.2, 0.25) is 5.91 Å². The van der Waals surface area contributed by atoms with Crippen LogP contribution in [-0.2, 0) is 4.79 Å². The van der Waals surface area contributed by atoms with Crippen LogP contribution in [0.25, 0.3) is 0 Å². The highest BCUT2D eigenvalue weighted by Crippen LogP contribution is 2.24. The molecule has 1 fully saturated rings. The minimum atomic E-state index is -0.239. The smallest absolute Gasteiger partial charge is 0.253 e. The SMILES string of the molecule is NC(=O)C1CCC(NC(=O)c2ccccc2N)CC1. The second-order valence-corrected chi connectivity index (χ2v) is 5.01. The number of nitrogens with one attached hydrogen (secondary N) is 1. The Hall–Kier alpha value is -2.04. The minimum absolute atomic E-state index is 0.0463. The standard InChI is InChI=1S/C14H19N3O2/c15-12-4-2-1-3-11(12)14(19)17-10-7-5-9(6-8-10)13(16)18/h1-4,9-10H,5-8,15H2,(H2,16,18)(H,17,19). The van der Waals surface area contributed by atoms with E-state index in [9.17, 15) is 9.59 Å². The van der Waals surface area contributed by atoms with Crippen molar-refractivity contribution in [3.05, 3.63) is 29.8 Å². The van der Waals surface area contributed by atoms with Crippen molar-refractivity contribution in [1.29, 1.82) is 0 Å². The summed E-state index contributed by atoms with van der Waals surface area (Å²) >= 11 is 0. The number of hydrogen-bond donors (Lipinski definition) is 3. The minimum Gasteiger partial charge on any atom is -0.398 e. The molecule has 5 N–H and O–H groups in total. The zero-order chi connectivity index (χ0) is 13.8. The Morgan fingerprint density at radius 2 is 1.74 bits per heavy atom. The number of rotatable bonds is 3. The van der Waals surface area contributed by atoms with Gasteiger partial charge in [-0.2, -0.15) is 0 Å². The quantitative estimate of drug-likeness (QED) is 0.709. The molecule has 1 aromatic carbocycles. The van der Waals surface area contributed by atoms with E-state index >= 15 is 0 Å². The predicted molar refractivity (Wildman–Crippen MR) is 73.3 cm³/mol. The lowest BCUT2D eigenvalue weighted by molar-refractivity contribution is -0.122. The number of primary amides is 1. The molecule has 2 amide bonds. The molecule has 1 aliphatic rings. The van der Waals surface area contributed by atoms with E-state index < -0.39 is 0 Å². The highest BCUT2D eigenvalue weighted by molar-refractivity contribution is 5.99. The fourth-order valence-electron chi connectivity index (χ4n) is 2.49. The van der Waals surface area contributed by atoms with Crippen molar-refractivity contribution < 1.29 is 9.59 Å². The molecule has 1 aromatic rings. The summed E-state index contributed by atoms with van der Waals surface area (Å²) in [7, 11) is 0. The van der Waals surface area contributed by atoms with Crippen molar-refractivity contribution in [2.45, 2.75) is 31.7 Å². The Morgan fingerprint density at radius 1 is 1.11 bits per heavy atom. The number of nitrogens with two attached hydrogens (primary N) is 2. The zero-order valence-electron chi connectivity index (χ0n) is 10.8. The molecule has 0 spiro atoms. The molecular weight excluding hydrogens is 242 g/mol. The molecular formula is C14H19N3O2. The number of benzene rings is 1. The van der Waals surface area contributed by atoms with E-state index in [0.29, 0.717) is 11.3 Å². The lowest BCUT2D eigenvalue weighted by atomic mass is 9.85. The number of nitrogen functional groups attached to an aromatic ring is 1. The number of hydrogen-bond acceptors (Lipinski definition) is 3. The van der Waals surface area contributed by atoms with Crippen molar-refractivity contribution in [3.63, 3.8) is 0 Å². The van der Waals surface area contributed by atoms with Gasteiger partial charge in [0.25, 0.3) is 5.91 Å². The first-order chi connectivity index (χ1) is 9.08. The monoisotopic (exact) mass is 261 g/mol. The number of carbonyl (C=O) groups is 2. The van der Waals surface area contributed by atoms with Crippen molar-refractivity contribution >= 4 is 17.5 Å². The number of para-hydroxylation sites is 1. The molecule has 0 unspecified atom stereocenters. The summed E-state index contributed by atoms with van der Waals surface area (Å²) < 4.78 is 0. The van der Waals surface area contributed by atoms with Crippen LogP contribution in [0.3, 0.4) is 0 Å². The molecule has 0 aliphatic heterocycles. The Bertz CT molecular complexity index is 479. The van der Waals surface area contributed by atoms with Crippen molar-refractivity contribution in [3.8, 4) is 0 Å². The summed E-state index contributed by atoms with van der Waals surface area (Å²) in [6, 6.07) is 7.10. The third-order valence-electron chi connectivity index (χ3n) is 3.67. The van der Waals surface area contributed by atoms with E-state index in [-0.39, 0.29) is 23.8 Å². The fraction of sp³-hybridized carbons (Fsp3) is 0.429. The molecule has 2 rings (SSSR count). The van der Waals surface area contributed by atoms with Gasteiger partial charge >= 0.3 is 0 Å². The molecule has 0 heterocycles. The summed E-state index contributed by atoms with van der Waals surface area (Å²) in [4.78, 5) is 23.1. The Balaban J connectivity index is 1.91. The second kappa shape index (κ2) is 5.73. The topological polar surface area (TPSA) is 98.2 Å². The van der Waals surface area contributed by atoms with Gasteiger partial charge in [0, 0.05) is 17.6 Å². The Morgan fingerprint density at radius 3 is 2.32 bits per heavy atom. The molecule has 0 radical (unpaired) electrons. The molecule has 1 aliphatic carbocycles. The summed E-state index contributed by atoms with van der Waals surface area (Å²) in [6.07, 6.45) is 3.05. The summed E-state index contributed by atoms with van der Waals surface area (Å²) in [6.45, 7) is 0. The van der Waals surface area contributed by atoms with Crippen LogP contribution >= 0.6 is 0 Å². The van der Waals surface area contributed by atoms with Crippen LogP contribution in [0.2, 0.25) is 0 Å². The maximum Gasteiger partial charge on any atom is 0.253 e. The zero-order valence-corrected chi connectivity index (χ0v) is 10.8. The van der Waals surface area contributed by atoms with Crippen LogP contribution in [-0.4, -0.2) is 17.9 Å². The summed E-state index contributed by atoms with van der Waals surface area (Å²) in [5.74, 6) is -0.437. The first-order valence-corrected chi connectivity index (χ1v) is 6.52. The van der Waals surface area contributed by atoms with Crippen molar-refractivity contribution in [1.82, 2.24) is 5.32 Å². The van der Waals surface area contributed by atoms with Crippen molar-refractivity contribution in [2.24, 2.45) is 11.7 Å². The largest absolute Gasteiger partial charge is 0.398 e. The average Bonchev–Trinajstić information content (AvgIpc) is 2.39. The molecule has 0 saturated heterocycles. The van der Waals surface area contributed by atoms with Crippen LogP contribution in [0.1, 0.15) is 36.0 Å². The second-order valence-electron chi connectivity index (χ2n) is 5.01. The van der Waals surface area contributed by atoms with Gasteiger partial charge in [0.1, 0.15) is 0 Å². The summed E-state index contributed by atoms with van der Waals surface area (Å²) in [5.41, 5.74) is 12.0. The van der Waals surface area contributed by atoms with Gasteiger partial charge in [-0.3, -0.25) is 9.59 Å². The van der Waals surface area contributed by atoms with Crippen LogP contribution < -0.4 is 16.8 Å². The molecule has 102 valence electrons. The van der Waals surface area contributed by atoms with Crippen LogP contribution in [0.5, 0.6) is 0 Å². The lowest BCUT2D eigenvalue weighted by Crippen LogP contribution is -2.39. The maximum atomic E-state index is 12.1. The third kappa shape index (κ3) is 3.24. The van der Waals surface area contributed by atoms with Crippen LogP contribution in [0, 0.1) is 5.92 Å². The maximum absolute atomic E-state index is 12.1. The highest BCUT2D eigenvalue weighted by atomic mass is 16.2. The van der Waals surface area contributed by atoms with Crippen LogP contribution in [0.4, 0.5) is 5.69 Å². The number of carbonyl (C=O) groups excluding carboxylic acids is 2. The van der Waals surface area contributed by atoms with Crippen LogP contribution in [0.15, 0.2) is 24.3 Å². The third-order valence-corrected chi connectivity index (χ3v) is 3.67. The van der Waals surface area contributed by atoms with E-state index in [0.717, 1.165) is 25.7 Å². The molecule has 5 heteroatoms. The van der Waals surface area contributed by atoms with Gasteiger partial charge < -0.3 is 16.8 Å². The van der Waals surface area contributed by atoms with Crippen molar-refractivity contribution in [2.75, 3.05) is 5.73 Å². The fourth-order valence-corrected chi connectivity index (χ4v) is 2.49. The van der Waals surface area contributed by atoms with Gasteiger partial charge in [-0.25, -0.2) is 0 Å². The van der Waals surface area contributed by atoms with E-state index in [1.165, 1.54) is 0 Å². The number of amides is 2. The van der Waals surface area contributed by atoms with Gasteiger partial charge in [-0.1, -0.05) is 12.1 Å². The molecule has 1 saturated carbocycles. The summed E-state index contributed by atoms with van der Waals surface area (Å²) in [5, 5.41) is 2.96. The first-order valence-electron chi connectivity index (χ1n) is 6.52. The highest BCUT2D eigenvalue weighted by Gasteiger charge is 2.25. The molecule has 0 bridgehead atoms. The van der Waals surface area contributed by atoms with E-state index in [1.54, 1.807) is 24.3 Å². The first kappa shape index (κ1) is 13.4. The van der Waals surface area contributed by atoms with Gasteiger partial charge in [-0.15, -0.1) is 0 Å². The Kier molecular flexibility index (Phi) is 4.04. The predicted octanol–water partition coefficient (Wildman–Crippen LogP) is 1.04. The number of anilines is 1. The van der Waals surface area contributed by atoms with E-state index in [1.807, 2.05) is 0 Å². The molecule has 0 aromatic heterocycles. The van der Waals surface area contributed by atoms with Gasteiger partial charge in [0.15, 0.2) is 0 Å².